The molecule has 10 aromatic carbocycles. The first-order valence-electron chi connectivity index (χ1n) is 19.6. The van der Waals surface area contributed by atoms with Crippen molar-refractivity contribution in [3.05, 3.63) is 193 Å². The van der Waals surface area contributed by atoms with Gasteiger partial charge >= 0.3 is 0 Å². The Kier molecular flexibility index (Phi) is 6.66. The molecule has 0 aliphatic heterocycles. The summed E-state index contributed by atoms with van der Waals surface area (Å²) in [6.07, 6.45) is 0. The highest BCUT2D eigenvalue weighted by atomic mass is 32.1. The first-order chi connectivity index (χ1) is 27.5. The molecule has 0 nitrogen and oxygen atoms in total. The van der Waals surface area contributed by atoms with Gasteiger partial charge in [0.25, 0.3) is 0 Å². The van der Waals surface area contributed by atoms with Crippen molar-refractivity contribution in [1.82, 2.24) is 0 Å². The lowest BCUT2D eigenvalue weighted by Crippen LogP contribution is -2.15. The minimum absolute atomic E-state index is 0.0880. The molecule has 1 heteroatoms. The van der Waals surface area contributed by atoms with Crippen LogP contribution in [0.2, 0.25) is 0 Å². The van der Waals surface area contributed by atoms with Gasteiger partial charge in [0.2, 0.25) is 0 Å². The van der Waals surface area contributed by atoms with Crippen molar-refractivity contribution in [2.75, 3.05) is 0 Å². The number of benzene rings is 10. The van der Waals surface area contributed by atoms with E-state index in [0.29, 0.717) is 0 Å². The predicted octanol–water partition coefficient (Wildman–Crippen LogP) is 16.0. The Morgan fingerprint density at radius 2 is 0.911 bits per heavy atom. The van der Waals surface area contributed by atoms with Gasteiger partial charge in [-0.05, 0) is 129 Å². The molecule has 0 saturated heterocycles. The maximum Gasteiger partial charge on any atom is 0.0361 e. The van der Waals surface area contributed by atoms with Crippen LogP contribution in [-0.4, -0.2) is 0 Å². The van der Waals surface area contributed by atoms with Crippen LogP contribution in [0.15, 0.2) is 182 Å². The third-order valence-corrected chi connectivity index (χ3v) is 13.7. The van der Waals surface area contributed by atoms with Gasteiger partial charge in [-0.15, -0.1) is 11.3 Å². The summed E-state index contributed by atoms with van der Waals surface area (Å²) in [4.78, 5) is 0. The van der Waals surface area contributed by atoms with E-state index in [4.69, 9.17) is 0 Å². The van der Waals surface area contributed by atoms with Gasteiger partial charge in [-0.1, -0.05) is 166 Å². The highest BCUT2D eigenvalue weighted by Gasteiger charge is 2.38. The van der Waals surface area contributed by atoms with E-state index in [0.717, 1.165) is 0 Å². The Labute approximate surface area is 329 Å². The molecule has 0 radical (unpaired) electrons. The number of rotatable bonds is 3. The summed E-state index contributed by atoms with van der Waals surface area (Å²) >= 11 is 1.91. The van der Waals surface area contributed by atoms with Crippen molar-refractivity contribution in [2.24, 2.45) is 0 Å². The first-order valence-corrected chi connectivity index (χ1v) is 20.4. The molecule has 0 fully saturated rings. The fraction of sp³-hybridized carbons (Fsp3) is 0.0545. The van der Waals surface area contributed by atoms with Gasteiger partial charge in [-0.25, -0.2) is 0 Å². The van der Waals surface area contributed by atoms with Gasteiger partial charge in [0.1, 0.15) is 0 Å². The fourth-order valence-electron chi connectivity index (χ4n) is 10.1. The highest BCUT2D eigenvalue weighted by molar-refractivity contribution is 7.26. The zero-order valence-corrected chi connectivity index (χ0v) is 32.0. The topological polar surface area (TPSA) is 0 Å². The van der Waals surface area contributed by atoms with Crippen molar-refractivity contribution in [3.63, 3.8) is 0 Å². The summed E-state index contributed by atoms with van der Waals surface area (Å²) in [5, 5.41) is 13.0. The van der Waals surface area contributed by atoms with Gasteiger partial charge in [0.05, 0.1) is 0 Å². The second-order valence-electron chi connectivity index (χ2n) is 16.0. The van der Waals surface area contributed by atoms with Crippen LogP contribution in [0.25, 0.3) is 108 Å². The summed E-state index contributed by atoms with van der Waals surface area (Å²) in [7, 11) is 0. The van der Waals surface area contributed by atoms with E-state index in [9.17, 15) is 0 Å². The van der Waals surface area contributed by atoms with Crippen molar-refractivity contribution in [2.45, 2.75) is 19.3 Å². The van der Waals surface area contributed by atoms with Crippen LogP contribution in [0, 0.1) is 0 Å². The van der Waals surface area contributed by atoms with E-state index in [1.165, 1.54) is 119 Å². The Bertz CT molecular complexity index is 3390. The minimum atomic E-state index is -0.0880. The summed E-state index contributed by atoms with van der Waals surface area (Å²) in [6.45, 7) is 4.81. The quantitative estimate of drug-likeness (QED) is 0.159. The lowest BCUT2D eigenvalue weighted by molar-refractivity contribution is 0.667. The zero-order valence-electron chi connectivity index (χ0n) is 31.2. The monoisotopic (exact) mass is 728 g/mol. The number of hydrogen-bond donors (Lipinski definition) is 0. The van der Waals surface area contributed by atoms with Crippen molar-refractivity contribution in [3.8, 4) is 44.5 Å². The first kappa shape index (κ1) is 31.8. The van der Waals surface area contributed by atoms with Gasteiger partial charge in [0.15, 0.2) is 0 Å². The average molecular weight is 729 g/mol. The molecule has 12 rings (SSSR count). The Hall–Kier alpha value is -6.54. The number of thiophene rings is 1. The Morgan fingerprint density at radius 1 is 0.357 bits per heavy atom. The summed E-state index contributed by atoms with van der Waals surface area (Å²) in [5.41, 5.74) is 13.1. The maximum absolute atomic E-state index is 2.46. The maximum atomic E-state index is 2.46. The van der Waals surface area contributed by atoms with Gasteiger partial charge in [0, 0.05) is 25.6 Å². The normalized spacial score (nSPS) is 13.3. The molecular weight excluding hydrogens is 693 g/mol. The standard InChI is InChI=1S/C55H36S/c1-55(2)47-27-29-49-53(52(47)45-26-24-34-13-5-6-17-40(34)54(45)55)46-32-37(25-28-48(46)56-49)36-15-11-16-38(31-36)50-41-18-7-9-20-43(41)51(44-21-10-8-19-42(44)50)39-23-22-33-12-3-4-14-35(33)30-39/h3-32H,1-2H3. The fourth-order valence-corrected chi connectivity index (χ4v) is 11.2. The Balaban J connectivity index is 1.06. The van der Waals surface area contributed by atoms with Crippen LogP contribution in [0.4, 0.5) is 0 Å². The summed E-state index contributed by atoms with van der Waals surface area (Å²) in [5.74, 6) is 0. The second kappa shape index (κ2) is 11.7. The SMILES string of the molecule is CC1(C)c2ccc3sc4ccc(-c5cccc(-c6c7ccccc7c(-c7ccc8ccccc8c7)c7ccccc67)c5)cc4c3c2-c2ccc3ccccc3c21. The molecule has 1 aliphatic carbocycles. The average Bonchev–Trinajstić information content (AvgIpc) is 3.73. The molecule has 262 valence electrons. The van der Waals surface area contributed by atoms with Gasteiger partial charge in [-0.3, -0.25) is 0 Å². The van der Waals surface area contributed by atoms with Crippen molar-refractivity contribution < 1.29 is 0 Å². The minimum Gasteiger partial charge on any atom is -0.135 e. The zero-order chi connectivity index (χ0) is 37.1. The summed E-state index contributed by atoms with van der Waals surface area (Å²) < 4.78 is 2.69. The third kappa shape index (κ3) is 4.47. The lowest BCUT2D eigenvalue weighted by Gasteiger charge is -2.23. The number of hydrogen-bond acceptors (Lipinski definition) is 1. The molecule has 0 bridgehead atoms. The van der Waals surface area contributed by atoms with Crippen LogP contribution in [-0.2, 0) is 5.41 Å². The van der Waals surface area contributed by atoms with E-state index in [1.807, 2.05) is 11.3 Å². The summed E-state index contributed by atoms with van der Waals surface area (Å²) in [6, 6.07) is 68.2. The van der Waals surface area contributed by atoms with E-state index in [-0.39, 0.29) is 5.41 Å². The van der Waals surface area contributed by atoms with Crippen molar-refractivity contribution >= 4 is 74.6 Å². The van der Waals surface area contributed by atoms with Crippen LogP contribution in [0.3, 0.4) is 0 Å². The smallest absolute Gasteiger partial charge is 0.0361 e. The highest BCUT2D eigenvalue weighted by Crippen LogP contribution is 2.56. The van der Waals surface area contributed by atoms with E-state index in [2.05, 4.69) is 196 Å². The molecule has 0 saturated carbocycles. The third-order valence-electron chi connectivity index (χ3n) is 12.6. The molecule has 0 spiro atoms. The van der Waals surface area contributed by atoms with E-state index < -0.39 is 0 Å². The molecule has 56 heavy (non-hydrogen) atoms. The van der Waals surface area contributed by atoms with Crippen LogP contribution in [0.5, 0.6) is 0 Å². The molecule has 0 amide bonds. The molecule has 1 aliphatic rings. The van der Waals surface area contributed by atoms with E-state index in [1.54, 1.807) is 0 Å². The molecule has 11 aromatic rings. The molecule has 0 atom stereocenters. The second-order valence-corrected chi connectivity index (χ2v) is 17.1. The van der Waals surface area contributed by atoms with Crippen LogP contribution < -0.4 is 0 Å². The molecule has 0 N–H and O–H groups in total. The molecular formula is C55H36S. The van der Waals surface area contributed by atoms with Crippen molar-refractivity contribution in [1.29, 1.82) is 0 Å². The lowest BCUT2D eigenvalue weighted by atomic mass is 9.80. The van der Waals surface area contributed by atoms with Gasteiger partial charge < -0.3 is 0 Å². The van der Waals surface area contributed by atoms with Crippen LogP contribution >= 0.6 is 11.3 Å². The Morgan fingerprint density at radius 3 is 1.64 bits per heavy atom. The predicted molar refractivity (Wildman–Crippen MR) is 243 cm³/mol. The van der Waals surface area contributed by atoms with Crippen LogP contribution in [0.1, 0.15) is 25.0 Å². The molecule has 1 heterocycles. The van der Waals surface area contributed by atoms with Gasteiger partial charge in [-0.2, -0.15) is 0 Å². The number of fused-ring (bicyclic) bond motifs is 12. The molecule has 0 unspecified atom stereocenters. The molecule has 1 aromatic heterocycles. The van der Waals surface area contributed by atoms with E-state index >= 15 is 0 Å². The largest absolute Gasteiger partial charge is 0.135 e.